The Labute approximate surface area is 147 Å². The fourth-order valence-electron chi connectivity index (χ4n) is 3.19. The minimum absolute atomic E-state index is 0.0365. The highest BCUT2D eigenvalue weighted by molar-refractivity contribution is 5.95. The van der Waals surface area contributed by atoms with Crippen LogP contribution in [0.25, 0.3) is 0 Å². The summed E-state index contributed by atoms with van der Waals surface area (Å²) in [4.78, 5) is 28.6. The molecule has 1 atom stereocenters. The van der Waals surface area contributed by atoms with E-state index in [0.29, 0.717) is 30.9 Å². The number of piperazine rings is 1. The molecular weight excluding hydrogens is 316 g/mol. The van der Waals surface area contributed by atoms with E-state index < -0.39 is 0 Å². The lowest BCUT2D eigenvalue weighted by molar-refractivity contribution is -0.131. The molecule has 5 heteroatoms. The fraction of sp³-hybridized carbons (Fsp3) is 0.300. The molecule has 0 bridgehead atoms. The van der Waals surface area contributed by atoms with Crippen LogP contribution in [0.15, 0.2) is 54.6 Å². The molecule has 0 unspecified atom stereocenters. The van der Waals surface area contributed by atoms with Gasteiger partial charge in [0.15, 0.2) is 0 Å². The zero-order valence-corrected chi connectivity index (χ0v) is 14.5. The van der Waals surface area contributed by atoms with Crippen LogP contribution in [0.1, 0.15) is 28.9 Å². The minimum atomic E-state index is -0.155. The second-order valence-corrected chi connectivity index (χ2v) is 6.12. The summed E-state index contributed by atoms with van der Waals surface area (Å²) in [6.07, 6.45) is 0. The van der Waals surface area contributed by atoms with Crippen molar-refractivity contribution in [1.82, 2.24) is 9.80 Å². The molecule has 0 saturated carbocycles. The van der Waals surface area contributed by atoms with E-state index in [9.17, 15) is 9.59 Å². The monoisotopic (exact) mass is 338 g/mol. The molecule has 0 spiro atoms. The van der Waals surface area contributed by atoms with E-state index in [4.69, 9.17) is 4.74 Å². The second-order valence-electron chi connectivity index (χ2n) is 6.12. The Morgan fingerprint density at radius 1 is 1.04 bits per heavy atom. The van der Waals surface area contributed by atoms with Crippen LogP contribution in [0.3, 0.4) is 0 Å². The van der Waals surface area contributed by atoms with Gasteiger partial charge < -0.3 is 14.5 Å². The van der Waals surface area contributed by atoms with Gasteiger partial charge in [-0.25, -0.2) is 0 Å². The number of hydrogen-bond acceptors (Lipinski definition) is 3. The maximum absolute atomic E-state index is 13.1. The Balaban J connectivity index is 1.91. The van der Waals surface area contributed by atoms with E-state index in [1.165, 1.54) is 0 Å². The lowest BCUT2D eigenvalue weighted by Gasteiger charge is -2.41. The van der Waals surface area contributed by atoms with Crippen LogP contribution in [0, 0.1) is 0 Å². The molecule has 2 aromatic rings. The quantitative estimate of drug-likeness (QED) is 0.865. The molecule has 1 saturated heterocycles. The summed E-state index contributed by atoms with van der Waals surface area (Å²) in [6, 6.07) is 16.9. The van der Waals surface area contributed by atoms with Crippen molar-refractivity contribution < 1.29 is 14.3 Å². The summed E-state index contributed by atoms with van der Waals surface area (Å²) in [5.41, 5.74) is 1.63. The lowest BCUT2D eigenvalue weighted by atomic mass is 10.0. The molecule has 0 aromatic heterocycles. The number of carbonyl (C=O) groups is 2. The smallest absolute Gasteiger partial charge is 0.254 e. The van der Waals surface area contributed by atoms with E-state index in [1.807, 2.05) is 47.4 Å². The lowest BCUT2D eigenvalue weighted by Crippen LogP contribution is -2.51. The normalized spacial score (nSPS) is 17.3. The molecule has 0 radical (unpaired) electrons. The first-order valence-electron chi connectivity index (χ1n) is 8.35. The Morgan fingerprint density at radius 3 is 2.48 bits per heavy atom. The van der Waals surface area contributed by atoms with Crippen molar-refractivity contribution in [3.8, 4) is 5.75 Å². The van der Waals surface area contributed by atoms with Gasteiger partial charge in [-0.3, -0.25) is 9.59 Å². The Bertz CT molecular complexity index is 761. The molecule has 25 heavy (non-hydrogen) atoms. The summed E-state index contributed by atoms with van der Waals surface area (Å²) in [6.45, 7) is 3.14. The van der Waals surface area contributed by atoms with Crippen LogP contribution in [-0.4, -0.2) is 48.4 Å². The third-order valence-corrected chi connectivity index (χ3v) is 4.59. The zero-order valence-electron chi connectivity index (χ0n) is 14.5. The van der Waals surface area contributed by atoms with Crippen molar-refractivity contribution in [1.29, 1.82) is 0 Å². The maximum atomic E-state index is 13.1. The number of rotatable bonds is 3. The molecule has 2 aromatic carbocycles. The van der Waals surface area contributed by atoms with Crippen LogP contribution in [0.5, 0.6) is 5.75 Å². The maximum Gasteiger partial charge on any atom is 0.254 e. The molecule has 0 aliphatic carbocycles. The van der Waals surface area contributed by atoms with Gasteiger partial charge in [-0.1, -0.05) is 36.4 Å². The van der Waals surface area contributed by atoms with E-state index in [-0.39, 0.29) is 17.9 Å². The van der Waals surface area contributed by atoms with Gasteiger partial charge in [0, 0.05) is 32.1 Å². The van der Waals surface area contributed by atoms with Gasteiger partial charge in [0.05, 0.1) is 13.2 Å². The Morgan fingerprint density at radius 2 is 1.80 bits per heavy atom. The van der Waals surface area contributed by atoms with Crippen LogP contribution in [-0.2, 0) is 4.79 Å². The molecule has 5 nitrogen and oxygen atoms in total. The Kier molecular flexibility index (Phi) is 5.03. The summed E-state index contributed by atoms with van der Waals surface area (Å²) in [7, 11) is 1.59. The van der Waals surface area contributed by atoms with Gasteiger partial charge in [0.2, 0.25) is 5.91 Å². The van der Waals surface area contributed by atoms with Crippen molar-refractivity contribution in [3.05, 3.63) is 65.7 Å². The molecule has 1 aliphatic heterocycles. The summed E-state index contributed by atoms with van der Waals surface area (Å²) in [5, 5.41) is 0. The third-order valence-electron chi connectivity index (χ3n) is 4.59. The van der Waals surface area contributed by atoms with E-state index >= 15 is 0 Å². The van der Waals surface area contributed by atoms with Gasteiger partial charge in [-0.15, -0.1) is 0 Å². The van der Waals surface area contributed by atoms with Gasteiger partial charge >= 0.3 is 0 Å². The Hall–Kier alpha value is -2.82. The summed E-state index contributed by atoms with van der Waals surface area (Å²) >= 11 is 0. The number of nitrogens with zero attached hydrogens (tertiary/aromatic N) is 2. The molecule has 3 rings (SSSR count). The number of carbonyl (C=O) groups excluding carboxylic acids is 2. The van der Waals surface area contributed by atoms with E-state index in [2.05, 4.69) is 0 Å². The van der Waals surface area contributed by atoms with Gasteiger partial charge in [0.1, 0.15) is 5.75 Å². The number of methoxy groups -OCH3 is 1. The molecule has 1 fully saturated rings. The van der Waals surface area contributed by atoms with Gasteiger partial charge in [0.25, 0.3) is 5.91 Å². The predicted octanol–water partition coefficient (Wildman–Crippen LogP) is 2.74. The highest BCUT2D eigenvalue weighted by Crippen LogP contribution is 2.28. The van der Waals surface area contributed by atoms with Crippen LogP contribution in [0.2, 0.25) is 0 Å². The average molecular weight is 338 g/mol. The average Bonchev–Trinajstić information content (AvgIpc) is 2.67. The second kappa shape index (κ2) is 7.38. The SMILES string of the molecule is COc1cccc(C(=O)N2CCN(C(C)=O)C[C@@H]2c2ccccc2)c1. The number of benzene rings is 2. The van der Waals surface area contributed by atoms with Crippen LogP contribution in [0.4, 0.5) is 0 Å². The van der Waals surface area contributed by atoms with Gasteiger partial charge in [-0.2, -0.15) is 0 Å². The van der Waals surface area contributed by atoms with Crippen molar-refractivity contribution in [3.63, 3.8) is 0 Å². The van der Waals surface area contributed by atoms with Crippen molar-refractivity contribution in [2.45, 2.75) is 13.0 Å². The molecule has 130 valence electrons. The molecule has 1 heterocycles. The van der Waals surface area contributed by atoms with E-state index in [0.717, 1.165) is 5.56 Å². The van der Waals surface area contributed by atoms with Crippen LogP contribution < -0.4 is 4.74 Å². The fourth-order valence-corrected chi connectivity index (χ4v) is 3.19. The van der Waals surface area contributed by atoms with Crippen molar-refractivity contribution in [2.24, 2.45) is 0 Å². The topological polar surface area (TPSA) is 49.9 Å². The number of amides is 2. The zero-order chi connectivity index (χ0) is 17.8. The summed E-state index contributed by atoms with van der Waals surface area (Å²) in [5.74, 6) is 0.648. The number of hydrogen-bond donors (Lipinski definition) is 0. The first kappa shape index (κ1) is 17.0. The predicted molar refractivity (Wildman–Crippen MR) is 95.5 cm³/mol. The molecule has 1 aliphatic rings. The minimum Gasteiger partial charge on any atom is -0.497 e. The largest absolute Gasteiger partial charge is 0.497 e. The third kappa shape index (κ3) is 3.65. The van der Waals surface area contributed by atoms with E-state index in [1.54, 1.807) is 31.1 Å². The van der Waals surface area contributed by atoms with Crippen molar-refractivity contribution in [2.75, 3.05) is 26.7 Å². The first-order valence-corrected chi connectivity index (χ1v) is 8.35. The standard InChI is InChI=1S/C20H22N2O3/c1-15(23)21-11-12-22(19(14-21)16-7-4-3-5-8-16)20(24)17-9-6-10-18(13-17)25-2/h3-10,13,19H,11-12,14H2,1-2H3/t19-/m1/s1. The molecule has 0 N–H and O–H groups in total. The molecule has 2 amide bonds. The summed E-state index contributed by atoms with van der Waals surface area (Å²) < 4.78 is 5.23. The van der Waals surface area contributed by atoms with Crippen LogP contribution >= 0.6 is 0 Å². The molecular formula is C20H22N2O3. The van der Waals surface area contributed by atoms with Crippen molar-refractivity contribution >= 4 is 11.8 Å². The highest BCUT2D eigenvalue weighted by Gasteiger charge is 2.33. The first-order chi connectivity index (χ1) is 12.1. The number of ether oxygens (including phenoxy) is 1. The highest BCUT2D eigenvalue weighted by atomic mass is 16.5. The van der Waals surface area contributed by atoms with Gasteiger partial charge in [-0.05, 0) is 23.8 Å².